The molecule has 0 bridgehead atoms. The van der Waals surface area contributed by atoms with E-state index in [1.807, 2.05) is 11.8 Å². The number of amides is 2. The van der Waals surface area contributed by atoms with Gasteiger partial charge in [0, 0.05) is 38.8 Å². The molecule has 2 amide bonds. The van der Waals surface area contributed by atoms with E-state index < -0.39 is 0 Å². The molecule has 2 rings (SSSR count). The van der Waals surface area contributed by atoms with Crippen LogP contribution in [0.1, 0.15) is 39.5 Å². The van der Waals surface area contributed by atoms with Gasteiger partial charge in [0.25, 0.3) is 0 Å². The molecule has 0 saturated carbocycles. The third-order valence-corrected chi connectivity index (χ3v) is 5.04. The van der Waals surface area contributed by atoms with Gasteiger partial charge in [0.1, 0.15) is 0 Å². The van der Waals surface area contributed by atoms with Crippen LogP contribution in [0.25, 0.3) is 0 Å². The zero-order chi connectivity index (χ0) is 16.1. The first-order chi connectivity index (χ1) is 10.5. The molecule has 0 aromatic heterocycles. The van der Waals surface area contributed by atoms with Crippen LogP contribution in [0.3, 0.4) is 0 Å². The Bertz CT molecular complexity index is 394. The number of nitrogens with two attached hydrogens (primary N) is 1. The predicted molar refractivity (Wildman–Crippen MR) is 86.3 cm³/mol. The van der Waals surface area contributed by atoms with Gasteiger partial charge in [0.05, 0.1) is 12.6 Å². The molecule has 0 aromatic carbocycles. The number of carbonyl (C=O) groups excluding carboxylic acids is 2. The van der Waals surface area contributed by atoms with E-state index in [0.717, 1.165) is 52.0 Å². The Morgan fingerprint density at radius 1 is 1.14 bits per heavy atom. The highest BCUT2D eigenvalue weighted by Crippen LogP contribution is 2.17. The van der Waals surface area contributed by atoms with E-state index in [1.54, 1.807) is 0 Å². The van der Waals surface area contributed by atoms with E-state index in [9.17, 15) is 9.59 Å². The fraction of sp³-hybridized carbons (Fsp3) is 0.875. The number of primary amides is 1. The summed E-state index contributed by atoms with van der Waals surface area (Å²) in [6.45, 7) is 8.83. The van der Waals surface area contributed by atoms with E-state index in [0.29, 0.717) is 12.6 Å². The standard InChI is InChI=1S/C16H30N4O2/c1-3-14(16(17)22)19-10-8-18(9-11-19)12-15(21)20-7-5-4-6-13(20)2/h13-14H,3-12H2,1-2H3,(H2,17,22)/t13-,14+/m1/s1. The minimum Gasteiger partial charge on any atom is -0.368 e. The molecule has 2 heterocycles. The molecular formula is C16H30N4O2. The van der Waals surface area contributed by atoms with E-state index in [-0.39, 0.29) is 17.9 Å². The molecule has 2 saturated heterocycles. The van der Waals surface area contributed by atoms with Crippen LogP contribution in [0.15, 0.2) is 0 Å². The van der Waals surface area contributed by atoms with E-state index in [2.05, 4.69) is 16.7 Å². The van der Waals surface area contributed by atoms with Gasteiger partial charge in [-0.2, -0.15) is 0 Å². The molecule has 2 N–H and O–H groups in total. The number of rotatable bonds is 5. The lowest BCUT2D eigenvalue weighted by atomic mass is 10.0. The highest BCUT2D eigenvalue weighted by Gasteiger charge is 2.29. The maximum absolute atomic E-state index is 12.5. The average molecular weight is 310 g/mol. The molecule has 2 atom stereocenters. The summed E-state index contributed by atoms with van der Waals surface area (Å²) in [6.07, 6.45) is 4.23. The minimum atomic E-state index is -0.242. The molecule has 0 aliphatic carbocycles. The molecule has 6 nitrogen and oxygen atoms in total. The number of nitrogens with zero attached hydrogens (tertiary/aromatic N) is 3. The van der Waals surface area contributed by atoms with E-state index in [1.165, 1.54) is 6.42 Å². The second-order valence-electron chi connectivity index (χ2n) is 6.57. The predicted octanol–water partition coefficient (Wildman–Crippen LogP) is 0.269. The molecule has 126 valence electrons. The fourth-order valence-electron chi connectivity index (χ4n) is 3.62. The van der Waals surface area contributed by atoms with Crippen molar-refractivity contribution in [1.82, 2.24) is 14.7 Å². The van der Waals surface area contributed by atoms with Crippen molar-refractivity contribution in [3.63, 3.8) is 0 Å². The lowest BCUT2D eigenvalue weighted by molar-refractivity contribution is -0.136. The monoisotopic (exact) mass is 310 g/mol. The van der Waals surface area contributed by atoms with Gasteiger partial charge in [-0.3, -0.25) is 19.4 Å². The number of hydrogen-bond acceptors (Lipinski definition) is 4. The Kier molecular flexibility index (Phi) is 6.20. The zero-order valence-corrected chi connectivity index (χ0v) is 14.0. The normalized spacial score (nSPS) is 25.9. The van der Waals surface area contributed by atoms with E-state index in [4.69, 9.17) is 5.73 Å². The largest absolute Gasteiger partial charge is 0.368 e. The van der Waals surface area contributed by atoms with Crippen molar-refractivity contribution in [3.05, 3.63) is 0 Å². The molecule has 2 fully saturated rings. The Morgan fingerprint density at radius 3 is 2.36 bits per heavy atom. The summed E-state index contributed by atoms with van der Waals surface area (Å²) in [7, 11) is 0. The van der Waals surface area contributed by atoms with Crippen molar-refractivity contribution < 1.29 is 9.59 Å². The topological polar surface area (TPSA) is 69.9 Å². The molecule has 22 heavy (non-hydrogen) atoms. The zero-order valence-electron chi connectivity index (χ0n) is 14.0. The lowest BCUT2D eigenvalue weighted by Gasteiger charge is -2.39. The Labute approximate surface area is 133 Å². The first-order valence-corrected chi connectivity index (χ1v) is 8.58. The van der Waals surface area contributed by atoms with Crippen LogP contribution < -0.4 is 5.73 Å². The first-order valence-electron chi connectivity index (χ1n) is 8.58. The smallest absolute Gasteiger partial charge is 0.236 e. The Balaban J connectivity index is 1.79. The average Bonchev–Trinajstić information content (AvgIpc) is 2.49. The maximum Gasteiger partial charge on any atom is 0.236 e. The summed E-state index contributed by atoms with van der Waals surface area (Å²) in [5.41, 5.74) is 5.45. The van der Waals surface area contributed by atoms with Crippen LogP contribution in [-0.4, -0.2) is 77.9 Å². The highest BCUT2D eigenvalue weighted by atomic mass is 16.2. The van der Waals surface area contributed by atoms with Gasteiger partial charge in [0.2, 0.25) is 11.8 Å². The molecule has 0 radical (unpaired) electrons. The molecule has 2 aliphatic heterocycles. The molecule has 2 aliphatic rings. The Morgan fingerprint density at radius 2 is 1.82 bits per heavy atom. The summed E-state index contributed by atoms with van der Waals surface area (Å²) in [4.78, 5) is 30.3. The maximum atomic E-state index is 12.5. The summed E-state index contributed by atoms with van der Waals surface area (Å²) in [6, 6.07) is 0.210. The number of carbonyl (C=O) groups is 2. The lowest BCUT2D eigenvalue weighted by Crippen LogP contribution is -2.56. The highest BCUT2D eigenvalue weighted by molar-refractivity contribution is 5.80. The van der Waals surface area contributed by atoms with Crippen LogP contribution in [-0.2, 0) is 9.59 Å². The molecule has 0 spiro atoms. The van der Waals surface area contributed by atoms with Crippen LogP contribution in [0, 0.1) is 0 Å². The van der Waals surface area contributed by atoms with Gasteiger partial charge in [-0.25, -0.2) is 0 Å². The minimum absolute atomic E-state index is 0.167. The third-order valence-electron chi connectivity index (χ3n) is 5.04. The van der Waals surface area contributed by atoms with Crippen LogP contribution in [0.5, 0.6) is 0 Å². The van der Waals surface area contributed by atoms with Gasteiger partial charge in [-0.05, 0) is 32.6 Å². The van der Waals surface area contributed by atoms with Crippen LogP contribution in [0.2, 0.25) is 0 Å². The number of hydrogen-bond donors (Lipinski definition) is 1. The van der Waals surface area contributed by atoms with Gasteiger partial charge < -0.3 is 10.6 Å². The van der Waals surface area contributed by atoms with Crippen LogP contribution in [0.4, 0.5) is 0 Å². The fourth-order valence-corrected chi connectivity index (χ4v) is 3.62. The number of likely N-dealkylation sites (tertiary alicyclic amines) is 1. The van der Waals surface area contributed by atoms with E-state index >= 15 is 0 Å². The van der Waals surface area contributed by atoms with Crippen molar-refractivity contribution in [3.8, 4) is 0 Å². The summed E-state index contributed by atoms with van der Waals surface area (Å²) >= 11 is 0. The van der Waals surface area contributed by atoms with Gasteiger partial charge in [-0.15, -0.1) is 0 Å². The summed E-state index contributed by atoms with van der Waals surface area (Å²) in [5.74, 6) is 0.0109. The molecule has 6 heteroatoms. The van der Waals surface area contributed by atoms with Gasteiger partial charge in [-0.1, -0.05) is 6.92 Å². The van der Waals surface area contributed by atoms with Crippen molar-refractivity contribution in [2.24, 2.45) is 5.73 Å². The van der Waals surface area contributed by atoms with Crippen molar-refractivity contribution >= 4 is 11.8 Å². The Hall–Kier alpha value is -1.14. The van der Waals surface area contributed by atoms with Crippen molar-refractivity contribution in [1.29, 1.82) is 0 Å². The van der Waals surface area contributed by atoms with Gasteiger partial charge in [0.15, 0.2) is 0 Å². The summed E-state index contributed by atoms with van der Waals surface area (Å²) in [5, 5.41) is 0. The SMILES string of the molecule is CC[C@@H](C(N)=O)N1CCN(CC(=O)N2CCCC[C@H]2C)CC1. The molecule has 0 aromatic rings. The second-order valence-corrected chi connectivity index (χ2v) is 6.57. The van der Waals surface area contributed by atoms with Gasteiger partial charge >= 0.3 is 0 Å². The van der Waals surface area contributed by atoms with Crippen molar-refractivity contribution in [2.75, 3.05) is 39.3 Å². The third kappa shape index (κ3) is 4.20. The molecular weight excluding hydrogens is 280 g/mol. The number of piperidine rings is 1. The number of piperazine rings is 1. The first kappa shape index (κ1) is 17.2. The van der Waals surface area contributed by atoms with Crippen LogP contribution >= 0.6 is 0 Å². The molecule has 0 unspecified atom stereocenters. The second kappa shape index (κ2) is 7.92. The quantitative estimate of drug-likeness (QED) is 0.791. The summed E-state index contributed by atoms with van der Waals surface area (Å²) < 4.78 is 0. The van der Waals surface area contributed by atoms with Crippen molar-refractivity contribution in [2.45, 2.75) is 51.6 Å².